The van der Waals surface area contributed by atoms with Crippen molar-refractivity contribution in [2.75, 3.05) is 38.2 Å². The largest absolute Gasteiger partial charge is 0.492 e. The molecule has 0 spiro atoms. The van der Waals surface area contributed by atoms with E-state index in [1.807, 2.05) is 6.07 Å². The zero-order chi connectivity index (χ0) is 23.4. The van der Waals surface area contributed by atoms with Crippen molar-refractivity contribution >= 4 is 33.2 Å². The van der Waals surface area contributed by atoms with Gasteiger partial charge >= 0.3 is 0 Å². The first-order chi connectivity index (χ1) is 15.9. The summed E-state index contributed by atoms with van der Waals surface area (Å²) in [6, 6.07) is 11.5. The van der Waals surface area contributed by atoms with E-state index in [0.29, 0.717) is 41.8 Å². The van der Waals surface area contributed by atoms with E-state index >= 15 is 0 Å². The molecular formula is C22H23ClN4O5S. The van der Waals surface area contributed by atoms with Crippen molar-refractivity contribution in [2.45, 2.75) is 11.8 Å². The van der Waals surface area contributed by atoms with E-state index in [-0.39, 0.29) is 23.7 Å². The minimum atomic E-state index is -3.74. The molecule has 4 rings (SSSR count). The fraction of sp³-hybridized carbons (Fsp3) is 0.273. The van der Waals surface area contributed by atoms with Crippen LogP contribution in [0.5, 0.6) is 5.75 Å². The highest BCUT2D eigenvalue weighted by Crippen LogP contribution is 2.30. The fourth-order valence-corrected chi connectivity index (χ4v) is 5.00. The topological polar surface area (TPSA) is 103 Å². The number of hydrogen-bond acceptors (Lipinski definition) is 6. The zero-order valence-corrected chi connectivity index (χ0v) is 19.5. The van der Waals surface area contributed by atoms with Crippen LogP contribution in [0.2, 0.25) is 5.02 Å². The smallest absolute Gasteiger partial charge is 0.258 e. The molecule has 1 amide bonds. The van der Waals surface area contributed by atoms with E-state index in [1.54, 1.807) is 37.4 Å². The first-order valence-corrected chi connectivity index (χ1v) is 12.2. The number of amides is 1. The summed E-state index contributed by atoms with van der Waals surface area (Å²) in [5, 5.41) is 7.52. The lowest BCUT2D eigenvalue weighted by atomic mass is 10.2. The molecule has 1 N–H and O–H groups in total. The van der Waals surface area contributed by atoms with E-state index < -0.39 is 15.9 Å². The third kappa shape index (κ3) is 5.19. The van der Waals surface area contributed by atoms with Crippen molar-refractivity contribution in [3.8, 4) is 11.4 Å². The number of morpholine rings is 1. The molecule has 174 valence electrons. The van der Waals surface area contributed by atoms with Crippen molar-refractivity contribution in [1.82, 2.24) is 14.1 Å². The summed E-state index contributed by atoms with van der Waals surface area (Å²) < 4.78 is 39.8. The van der Waals surface area contributed by atoms with E-state index in [2.05, 4.69) is 10.4 Å². The molecule has 0 aliphatic carbocycles. The molecule has 11 heteroatoms. The third-order valence-electron chi connectivity index (χ3n) is 5.02. The van der Waals surface area contributed by atoms with Crippen molar-refractivity contribution in [3.63, 3.8) is 0 Å². The third-order valence-corrected chi connectivity index (χ3v) is 7.15. The maximum atomic E-state index is 13.0. The molecule has 0 radical (unpaired) electrons. The number of ether oxygens (including phenoxy) is 2. The van der Waals surface area contributed by atoms with Crippen molar-refractivity contribution in [3.05, 3.63) is 65.4 Å². The molecule has 1 aliphatic heterocycles. The Balaban J connectivity index is 1.60. The molecule has 1 aromatic heterocycles. The molecule has 1 aliphatic rings. The first kappa shape index (κ1) is 23.2. The molecule has 33 heavy (non-hydrogen) atoms. The minimum Gasteiger partial charge on any atom is -0.492 e. The number of anilines is 1. The maximum Gasteiger partial charge on any atom is 0.258 e. The van der Waals surface area contributed by atoms with Crippen LogP contribution in [0, 0.1) is 0 Å². The van der Waals surface area contributed by atoms with Gasteiger partial charge in [0.05, 0.1) is 47.9 Å². The second-order valence-corrected chi connectivity index (χ2v) is 9.59. The van der Waals surface area contributed by atoms with Crippen molar-refractivity contribution in [1.29, 1.82) is 0 Å². The summed E-state index contributed by atoms with van der Waals surface area (Å²) in [6.45, 7) is 3.40. The van der Waals surface area contributed by atoms with E-state index in [1.165, 1.54) is 27.3 Å². The Bertz CT molecular complexity index is 1260. The summed E-state index contributed by atoms with van der Waals surface area (Å²) in [6.07, 6.45) is 2.99. The van der Waals surface area contributed by atoms with Gasteiger partial charge in [-0.1, -0.05) is 17.7 Å². The zero-order valence-electron chi connectivity index (χ0n) is 17.9. The van der Waals surface area contributed by atoms with Crippen LogP contribution in [0.15, 0.2) is 59.8 Å². The van der Waals surface area contributed by atoms with E-state index in [4.69, 9.17) is 21.1 Å². The number of carbonyl (C=O) groups excluding carboxylic acids is 1. The SMILES string of the molecule is CCOc1ccc(S(=O)(=O)N2CCOCC2)cc1NC(=O)c1cnn(-c2cccc(Cl)c2)c1. The Morgan fingerprint density at radius 1 is 1.21 bits per heavy atom. The van der Waals surface area contributed by atoms with Gasteiger partial charge in [-0.05, 0) is 43.3 Å². The van der Waals surface area contributed by atoms with Crippen molar-refractivity contribution < 1.29 is 22.7 Å². The summed E-state index contributed by atoms with van der Waals surface area (Å²) in [5.74, 6) is -0.0841. The molecule has 3 aromatic rings. The number of nitrogens with one attached hydrogen (secondary N) is 1. The predicted octanol–water partition coefficient (Wildman–Crippen LogP) is 3.20. The van der Waals surface area contributed by atoms with Crippen LogP contribution in [0.3, 0.4) is 0 Å². The molecule has 0 bridgehead atoms. The molecular weight excluding hydrogens is 468 g/mol. The number of sulfonamides is 1. The second kappa shape index (κ2) is 9.92. The quantitative estimate of drug-likeness (QED) is 0.545. The first-order valence-electron chi connectivity index (χ1n) is 10.3. The lowest BCUT2D eigenvalue weighted by molar-refractivity contribution is 0.0730. The normalized spacial score (nSPS) is 14.7. The number of nitrogens with zero attached hydrogens (tertiary/aromatic N) is 3. The van der Waals surface area contributed by atoms with Gasteiger partial charge in [-0.2, -0.15) is 9.40 Å². The predicted molar refractivity (Wildman–Crippen MR) is 124 cm³/mol. The molecule has 0 unspecified atom stereocenters. The molecule has 2 heterocycles. The van der Waals surface area contributed by atoms with Gasteiger partial charge in [-0.25, -0.2) is 13.1 Å². The minimum absolute atomic E-state index is 0.0674. The van der Waals surface area contributed by atoms with Crippen LogP contribution >= 0.6 is 11.6 Å². The van der Waals surface area contributed by atoms with E-state index in [9.17, 15) is 13.2 Å². The Morgan fingerprint density at radius 3 is 2.73 bits per heavy atom. The van der Waals surface area contributed by atoms with Crippen LogP contribution in [-0.2, 0) is 14.8 Å². The van der Waals surface area contributed by atoms with Gasteiger partial charge in [0.15, 0.2) is 0 Å². The summed E-state index contributed by atoms with van der Waals surface area (Å²) in [4.78, 5) is 13.0. The number of hydrogen-bond donors (Lipinski definition) is 1. The molecule has 2 aromatic carbocycles. The molecule has 1 fully saturated rings. The molecule has 9 nitrogen and oxygen atoms in total. The summed E-state index contributed by atoms with van der Waals surface area (Å²) in [7, 11) is -3.74. The number of carbonyl (C=O) groups is 1. The molecule has 1 saturated heterocycles. The van der Waals surface area contributed by atoms with Crippen LogP contribution < -0.4 is 10.1 Å². The number of benzene rings is 2. The van der Waals surface area contributed by atoms with Crippen LogP contribution in [-0.4, -0.2) is 61.3 Å². The Morgan fingerprint density at radius 2 is 2.00 bits per heavy atom. The fourth-order valence-electron chi connectivity index (χ4n) is 3.38. The standard InChI is InChI=1S/C22H23ClN4O5S/c1-2-32-21-7-6-19(33(29,30)26-8-10-31-11-9-26)13-20(21)25-22(28)16-14-24-27(15-16)18-5-3-4-17(23)12-18/h3-7,12-15H,2,8-11H2,1H3,(H,25,28). The number of halogens is 1. The van der Waals surface area contributed by atoms with Crippen LogP contribution in [0.25, 0.3) is 5.69 Å². The molecule has 0 atom stereocenters. The van der Waals surface area contributed by atoms with Gasteiger partial charge in [0, 0.05) is 24.3 Å². The van der Waals surface area contributed by atoms with Gasteiger partial charge in [0.25, 0.3) is 5.91 Å². The highest BCUT2D eigenvalue weighted by atomic mass is 35.5. The lowest BCUT2D eigenvalue weighted by Crippen LogP contribution is -2.40. The maximum absolute atomic E-state index is 13.0. The number of rotatable bonds is 7. The lowest BCUT2D eigenvalue weighted by Gasteiger charge is -2.26. The summed E-state index contributed by atoms with van der Waals surface area (Å²) >= 11 is 6.03. The van der Waals surface area contributed by atoms with Crippen molar-refractivity contribution in [2.24, 2.45) is 0 Å². The number of aromatic nitrogens is 2. The van der Waals surface area contributed by atoms with Gasteiger partial charge in [-0.15, -0.1) is 0 Å². The highest BCUT2D eigenvalue weighted by Gasteiger charge is 2.27. The Kier molecular flexibility index (Phi) is 6.99. The van der Waals surface area contributed by atoms with Crippen LogP contribution in [0.1, 0.15) is 17.3 Å². The molecule has 0 saturated carbocycles. The van der Waals surface area contributed by atoms with Gasteiger partial charge in [0.1, 0.15) is 5.75 Å². The van der Waals surface area contributed by atoms with Gasteiger partial charge in [-0.3, -0.25) is 4.79 Å². The Labute approximate surface area is 196 Å². The average molecular weight is 491 g/mol. The van der Waals surface area contributed by atoms with Gasteiger partial charge in [0.2, 0.25) is 10.0 Å². The van der Waals surface area contributed by atoms with E-state index in [0.717, 1.165) is 0 Å². The average Bonchev–Trinajstić information content (AvgIpc) is 3.31. The summed E-state index contributed by atoms with van der Waals surface area (Å²) in [5.41, 5.74) is 1.25. The van der Waals surface area contributed by atoms with Crippen LogP contribution in [0.4, 0.5) is 5.69 Å². The Hall–Kier alpha value is -2.92. The van der Waals surface area contributed by atoms with Gasteiger partial charge < -0.3 is 14.8 Å². The second-order valence-electron chi connectivity index (χ2n) is 7.22. The monoisotopic (exact) mass is 490 g/mol. The highest BCUT2D eigenvalue weighted by molar-refractivity contribution is 7.89.